The number of carbonyl (C=O) groups is 1. The third-order valence-electron chi connectivity index (χ3n) is 3.33. The van der Waals surface area contributed by atoms with Crippen molar-refractivity contribution in [3.05, 3.63) is 35.4 Å². The number of aromatic nitrogens is 2. The highest BCUT2D eigenvalue weighted by Gasteiger charge is 2.17. The van der Waals surface area contributed by atoms with E-state index in [1.807, 2.05) is 25.3 Å². The summed E-state index contributed by atoms with van der Waals surface area (Å²) in [5.41, 5.74) is 2.32. The minimum atomic E-state index is -0.213. The molecule has 0 radical (unpaired) electrons. The van der Waals surface area contributed by atoms with Crippen LogP contribution in [0.4, 0.5) is 5.13 Å². The molecule has 0 aliphatic carbocycles. The summed E-state index contributed by atoms with van der Waals surface area (Å²) in [5, 5.41) is 11.3. The molecule has 6 heteroatoms. The molecule has 0 saturated heterocycles. The molecule has 0 spiro atoms. The average Bonchev–Trinajstić information content (AvgIpc) is 2.94. The van der Waals surface area contributed by atoms with E-state index in [-0.39, 0.29) is 11.8 Å². The van der Waals surface area contributed by atoms with E-state index < -0.39 is 0 Å². The Bertz CT molecular complexity index is 623. The number of nitrogens with one attached hydrogen (secondary N) is 1. The van der Waals surface area contributed by atoms with E-state index in [1.165, 1.54) is 28.7 Å². The van der Waals surface area contributed by atoms with Crippen molar-refractivity contribution < 1.29 is 4.79 Å². The minimum Gasteiger partial charge on any atom is -0.300 e. The molecule has 0 unspecified atom stereocenters. The molecule has 1 amide bonds. The first-order chi connectivity index (χ1) is 10.5. The lowest BCUT2D eigenvalue weighted by molar-refractivity contribution is -0.117. The third-order valence-corrected chi connectivity index (χ3v) is 5.14. The number of nitrogens with zero attached hydrogens (tertiary/aromatic N) is 2. The average molecular weight is 335 g/mol. The molecule has 22 heavy (non-hydrogen) atoms. The third kappa shape index (κ3) is 4.55. The first-order valence-corrected chi connectivity index (χ1v) is 9.31. The van der Waals surface area contributed by atoms with Gasteiger partial charge in [0, 0.05) is 0 Å². The summed E-state index contributed by atoms with van der Waals surface area (Å²) in [4.78, 5) is 12.3. The predicted molar refractivity (Wildman–Crippen MR) is 93.7 cm³/mol. The number of amides is 1. The molecule has 1 N–H and O–H groups in total. The molecular weight excluding hydrogens is 314 g/mol. The van der Waals surface area contributed by atoms with Crippen LogP contribution in [0.3, 0.4) is 0 Å². The molecular formula is C16H21N3OS2. The fraction of sp³-hybridized carbons (Fsp3) is 0.438. The van der Waals surface area contributed by atoms with Crippen LogP contribution < -0.4 is 5.32 Å². The second-order valence-electron chi connectivity index (χ2n) is 5.63. The Morgan fingerprint density at radius 3 is 2.45 bits per heavy atom. The molecule has 4 nitrogen and oxygen atoms in total. The zero-order valence-electron chi connectivity index (χ0n) is 13.3. The normalized spacial score (nSPS) is 12.4. The maximum atomic E-state index is 12.3. The summed E-state index contributed by atoms with van der Waals surface area (Å²) in [5.74, 6) is 0.366. The van der Waals surface area contributed by atoms with Gasteiger partial charge in [0.2, 0.25) is 11.0 Å². The van der Waals surface area contributed by atoms with Gasteiger partial charge in [0.05, 0.1) is 5.92 Å². The molecule has 1 atom stereocenters. The van der Waals surface area contributed by atoms with Crippen LogP contribution in [0.25, 0.3) is 0 Å². The zero-order chi connectivity index (χ0) is 16.1. The number of hydrogen-bond acceptors (Lipinski definition) is 5. The van der Waals surface area contributed by atoms with Gasteiger partial charge in [0.25, 0.3) is 0 Å². The van der Waals surface area contributed by atoms with Crippen molar-refractivity contribution in [3.63, 3.8) is 0 Å². The second kappa shape index (κ2) is 7.74. The molecule has 0 saturated carbocycles. The summed E-state index contributed by atoms with van der Waals surface area (Å²) in [7, 11) is 0. The van der Waals surface area contributed by atoms with Gasteiger partial charge in [0.15, 0.2) is 4.34 Å². The zero-order valence-corrected chi connectivity index (χ0v) is 14.9. The van der Waals surface area contributed by atoms with Crippen LogP contribution in [0.1, 0.15) is 37.8 Å². The predicted octanol–water partition coefficient (Wildman–Crippen LogP) is 4.20. The van der Waals surface area contributed by atoms with Crippen LogP contribution in [-0.4, -0.2) is 22.4 Å². The molecule has 2 aromatic rings. The Morgan fingerprint density at radius 1 is 1.23 bits per heavy atom. The Morgan fingerprint density at radius 2 is 1.91 bits per heavy atom. The van der Waals surface area contributed by atoms with Crippen molar-refractivity contribution in [2.45, 2.75) is 37.4 Å². The van der Waals surface area contributed by atoms with Gasteiger partial charge < -0.3 is 0 Å². The van der Waals surface area contributed by atoms with Crippen LogP contribution >= 0.6 is 23.1 Å². The van der Waals surface area contributed by atoms with E-state index in [4.69, 9.17) is 0 Å². The standard InChI is InChI=1S/C16H21N3OS2/c1-10(2)9-12-5-7-13(8-6-12)11(3)14(20)17-15-18-19-16(21-4)22-15/h5-8,10-11H,9H2,1-4H3,(H,17,18,20)/t11-/m1/s1. The second-order valence-corrected chi connectivity index (χ2v) is 7.66. The van der Waals surface area contributed by atoms with Crippen molar-refractivity contribution >= 4 is 34.1 Å². The van der Waals surface area contributed by atoms with Crippen LogP contribution in [0.2, 0.25) is 0 Å². The van der Waals surface area contributed by atoms with Gasteiger partial charge in [0.1, 0.15) is 0 Å². The van der Waals surface area contributed by atoms with Crippen molar-refractivity contribution in [1.82, 2.24) is 10.2 Å². The summed E-state index contributed by atoms with van der Waals surface area (Å²) in [6.07, 6.45) is 3.00. The van der Waals surface area contributed by atoms with Crippen LogP contribution in [0, 0.1) is 5.92 Å². The fourth-order valence-corrected chi connectivity index (χ4v) is 3.29. The Hall–Kier alpha value is -1.40. The minimum absolute atomic E-state index is 0.0552. The Labute approximate surface area is 139 Å². The number of hydrogen-bond donors (Lipinski definition) is 1. The van der Waals surface area contributed by atoms with Gasteiger partial charge in [-0.25, -0.2) is 0 Å². The van der Waals surface area contributed by atoms with Gasteiger partial charge in [-0.05, 0) is 36.6 Å². The largest absolute Gasteiger partial charge is 0.300 e. The highest BCUT2D eigenvalue weighted by Crippen LogP contribution is 2.25. The quantitative estimate of drug-likeness (QED) is 0.635. The monoisotopic (exact) mass is 335 g/mol. The maximum Gasteiger partial charge on any atom is 0.233 e. The molecule has 118 valence electrons. The van der Waals surface area contributed by atoms with Gasteiger partial charge in [-0.15, -0.1) is 10.2 Å². The van der Waals surface area contributed by atoms with Crippen molar-refractivity contribution in [2.75, 3.05) is 11.6 Å². The lowest BCUT2D eigenvalue weighted by Gasteiger charge is -2.12. The summed E-state index contributed by atoms with van der Waals surface area (Å²) in [6, 6.07) is 8.29. The van der Waals surface area contributed by atoms with Gasteiger partial charge in [-0.2, -0.15) is 0 Å². The van der Waals surface area contributed by atoms with E-state index in [2.05, 4.69) is 41.5 Å². The van der Waals surface area contributed by atoms with E-state index in [0.29, 0.717) is 11.0 Å². The number of carbonyl (C=O) groups excluding carboxylic acids is 1. The number of anilines is 1. The van der Waals surface area contributed by atoms with Crippen molar-refractivity contribution in [2.24, 2.45) is 5.92 Å². The van der Waals surface area contributed by atoms with E-state index in [1.54, 1.807) is 0 Å². The number of thioether (sulfide) groups is 1. The first-order valence-electron chi connectivity index (χ1n) is 7.26. The van der Waals surface area contributed by atoms with Crippen molar-refractivity contribution in [1.29, 1.82) is 0 Å². The summed E-state index contributed by atoms with van der Waals surface area (Å²) in [6.45, 7) is 6.31. The molecule has 0 fully saturated rings. The topological polar surface area (TPSA) is 54.9 Å². The summed E-state index contributed by atoms with van der Waals surface area (Å²) >= 11 is 2.91. The van der Waals surface area contributed by atoms with E-state index in [9.17, 15) is 4.79 Å². The fourth-order valence-electron chi connectivity index (χ4n) is 2.12. The van der Waals surface area contributed by atoms with Crippen LogP contribution in [0.5, 0.6) is 0 Å². The van der Waals surface area contributed by atoms with Gasteiger partial charge >= 0.3 is 0 Å². The molecule has 0 aliphatic rings. The first kappa shape index (κ1) is 17.0. The smallest absolute Gasteiger partial charge is 0.233 e. The lowest BCUT2D eigenvalue weighted by atomic mass is 9.96. The molecule has 1 heterocycles. The SMILES string of the molecule is CSc1nnc(NC(=O)[C@H](C)c2ccc(CC(C)C)cc2)s1. The van der Waals surface area contributed by atoms with E-state index >= 15 is 0 Å². The molecule has 0 aliphatic heterocycles. The van der Waals surface area contributed by atoms with Crippen LogP contribution in [-0.2, 0) is 11.2 Å². The molecule has 0 bridgehead atoms. The number of rotatable bonds is 6. The molecule has 2 rings (SSSR count). The van der Waals surface area contributed by atoms with Crippen molar-refractivity contribution in [3.8, 4) is 0 Å². The Balaban J connectivity index is 2.00. The lowest BCUT2D eigenvalue weighted by Crippen LogP contribution is -2.18. The Kier molecular flexibility index (Phi) is 5.97. The summed E-state index contributed by atoms with van der Waals surface area (Å²) < 4.78 is 0.848. The molecule has 1 aromatic carbocycles. The molecule has 1 aromatic heterocycles. The highest BCUT2D eigenvalue weighted by atomic mass is 32.2. The highest BCUT2D eigenvalue weighted by molar-refractivity contribution is 8.00. The maximum absolute atomic E-state index is 12.3. The van der Waals surface area contributed by atoms with Gasteiger partial charge in [-0.3, -0.25) is 10.1 Å². The van der Waals surface area contributed by atoms with E-state index in [0.717, 1.165) is 16.3 Å². The van der Waals surface area contributed by atoms with Gasteiger partial charge in [-0.1, -0.05) is 61.2 Å². The van der Waals surface area contributed by atoms with Crippen LogP contribution in [0.15, 0.2) is 28.6 Å². The number of benzene rings is 1.